The lowest BCUT2D eigenvalue weighted by Crippen LogP contribution is -2.20. The second-order valence-corrected chi connectivity index (χ2v) is 4.57. The van der Waals surface area contributed by atoms with Crippen molar-refractivity contribution < 1.29 is 0 Å². The first-order valence-corrected chi connectivity index (χ1v) is 6.16. The Bertz CT molecular complexity index is 504. The smallest absolute Gasteiger partial charge is 0.0522 e. The third kappa shape index (κ3) is 3.11. The van der Waals surface area contributed by atoms with Crippen LogP contribution in [0.3, 0.4) is 0 Å². The Labute approximate surface area is 108 Å². The predicted octanol–water partition coefficient (Wildman–Crippen LogP) is 1.56. The normalized spacial score (nSPS) is 10.6. The Morgan fingerprint density at radius 1 is 1.33 bits per heavy atom. The van der Waals surface area contributed by atoms with Crippen molar-refractivity contribution in [2.24, 2.45) is 12.8 Å². The molecule has 1 aromatic heterocycles. The molecule has 0 aliphatic heterocycles. The van der Waals surface area contributed by atoms with Crippen molar-refractivity contribution in [3.8, 4) is 0 Å². The molecule has 0 fully saturated rings. The lowest BCUT2D eigenvalue weighted by Gasteiger charge is -2.19. The second kappa shape index (κ2) is 5.69. The molecule has 1 aromatic carbocycles. The van der Waals surface area contributed by atoms with Gasteiger partial charge in [0.15, 0.2) is 0 Å². The van der Waals surface area contributed by atoms with E-state index in [0.717, 1.165) is 13.0 Å². The predicted molar refractivity (Wildman–Crippen MR) is 74.5 cm³/mol. The molecule has 1 heterocycles. The zero-order valence-corrected chi connectivity index (χ0v) is 11.0. The molecular weight excluding hydrogens is 224 g/mol. The van der Waals surface area contributed by atoms with Crippen LogP contribution in [0.2, 0.25) is 0 Å². The van der Waals surface area contributed by atoms with E-state index >= 15 is 0 Å². The van der Waals surface area contributed by atoms with Crippen LogP contribution in [0, 0.1) is 0 Å². The van der Waals surface area contributed by atoms with Crippen LogP contribution in [0.15, 0.2) is 36.7 Å². The molecule has 0 bridgehead atoms. The maximum atomic E-state index is 5.66. The van der Waals surface area contributed by atoms with E-state index in [1.165, 1.54) is 16.8 Å². The summed E-state index contributed by atoms with van der Waals surface area (Å²) in [5.74, 6) is 0. The van der Waals surface area contributed by atoms with Crippen molar-refractivity contribution >= 4 is 5.69 Å². The molecule has 0 saturated carbocycles. The van der Waals surface area contributed by atoms with Gasteiger partial charge in [0, 0.05) is 39.1 Å². The van der Waals surface area contributed by atoms with Gasteiger partial charge in [-0.2, -0.15) is 5.10 Å². The third-order valence-electron chi connectivity index (χ3n) is 3.08. The van der Waals surface area contributed by atoms with E-state index in [2.05, 4.69) is 47.5 Å². The van der Waals surface area contributed by atoms with Gasteiger partial charge < -0.3 is 10.6 Å². The molecule has 0 atom stereocenters. The average Bonchev–Trinajstić information content (AvgIpc) is 2.82. The number of hydrogen-bond acceptors (Lipinski definition) is 3. The van der Waals surface area contributed by atoms with Crippen molar-refractivity contribution in [2.45, 2.75) is 13.0 Å². The van der Waals surface area contributed by atoms with Crippen molar-refractivity contribution in [3.63, 3.8) is 0 Å². The molecule has 0 saturated heterocycles. The topological polar surface area (TPSA) is 47.1 Å². The van der Waals surface area contributed by atoms with E-state index in [9.17, 15) is 0 Å². The Kier molecular flexibility index (Phi) is 3.99. The molecule has 0 unspecified atom stereocenters. The summed E-state index contributed by atoms with van der Waals surface area (Å²) in [6.45, 7) is 1.56. The Morgan fingerprint density at radius 2 is 2.17 bits per heavy atom. The number of rotatable bonds is 5. The zero-order valence-electron chi connectivity index (χ0n) is 11.0. The summed E-state index contributed by atoms with van der Waals surface area (Å²) in [4.78, 5) is 2.24. The molecule has 4 nitrogen and oxygen atoms in total. The van der Waals surface area contributed by atoms with Gasteiger partial charge in [0.25, 0.3) is 0 Å². The Balaban J connectivity index is 1.96. The number of benzene rings is 1. The van der Waals surface area contributed by atoms with Gasteiger partial charge in [0.2, 0.25) is 0 Å². The minimum atomic E-state index is 0.588. The molecule has 2 aromatic rings. The standard InChI is InChI=1S/C14H20N4/c1-17(7-6-13-10-16-18(2)11-13)14-5-3-4-12(8-14)9-15/h3-5,8,10-11H,6-7,9,15H2,1-2H3. The molecule has 0 spiro atoms. The van der Waals surface area contributed by atoms with Gasteiger partial charge in [-0.05, 0) is 29.7 Å². The molecule has 0 radical (unpaired) electrons. The van der Waals surface area contributed by atoms with Crippen molar-refractivity contribution in [3.05, 3.63) is 47.8 Å². The minimum absolute atomic E-state index is 0.588. The summed E-state index contributed by atoms with van der Waals surface area (Å²) in [5, 5.41) is 4.18. The van der Waals surface area contributed by atoms with Gasteiger partial charge in [-0.3, -0.25) is 4.68 Å². The van der Waals surface area contributed by atoms with Gasteiger partial charge in [0.05, 0.1) is 6.20 Å². The third-order valence-corrected chi connectivity index (χ3v) is 3.08. The first-order chi connectivity index (χ1) is 8.69. The second-order valence-electron chi connectivity index (χ2n) is 4.57. The molecule has 18 heavy (non-hydrogen) atoms. The summed E-state index contributed by atoms with van der Waals surface area (Å²) < 4.78 is 1.84. The van der Waals surface area contributed by atoms with Crippen LogP contribution in [0.25, 0.3) is 0 Å². The minimum Gasteiger partial charge on any atom is -0.374 e. The highest BCUT2D eigenvalue weighted by atomic mass is 15.2. The number of aromatic nitrogens is 2. The van der Waals surface area contributed by atoms with Crippen LogP contribution >= 0.6 is 0 Å². The summed E-state index contributed by atoms with van der Waals surface area (Å²) in [6, 6.07) is 8.36. The maximum absolute atomic E-state index is 5.66. The van der Waals surface area contributed by atoms with Gasteiger partial charge in [-0.1, -0.05) is 12.1 Å². The number of likely N-dealkylation sites (N-methyl/N-ethyl adjacent to an activating group) is 1. The molecule has 2 rings (SSSR count). The van der Waals surface area contributed by atoms with Crippen molar-refractivity contribution in [1.29, 1.82) is 0 Å². The van der Waals surface area contributed by atoms with E-state index in [0.29, 0.717) is 6.54 Å². The van der Waals surface area contributed by atoms with Crippen LogP contribution in [-0.2, 0) is 20.0 Å². The Hall–Kier alpha value is -1.81. The van der Waals surface area contributed by atoms with Gasteiger partial charge in [0.1, 0.15) is 0 Å². The van der Waals surface area contributed by atoms with E-state index in [-0.39, 0.29) is 0 Å². The number of hydrogen-bond donors (Lipinski definition) is 1. The highest BCUT2D eigenvalue weighted by molar-refractivity contribution is 5.48. The van der Waals surface area contributed by atoms with Gasteiger partial charge >= 0.3 is 0 Å². The summed E-state index contributed by atoms with van der Waals surface area (Å²) in [6.07, 6.45) is 4.98. The molecule has 96 valence electrons. The van der Waals surface area contributed by atoms with E-state index < -0.39 is 0 Å². The average molecular weight is 244 g/mol. The highest BCUT2D eigenvalue weighted by Crippen LogP contribution is 2.15. The fourth-order valence-electron chi connectivity index (χ4n) is 1.95. The molecule has 0 amide bonds. The number of nitrogens with zero attached hydrogens (tertiary/aromatic N) is 3. The van der Waals surface area contributed by atoms with E-state index in [4.69, 9.17) is 5.73 Å². The first-order valence-electron chi connectivity index (χ1n) is 6.16. The quantitative estimate of drug-likeness (QED) is 0.868. The van der Waals surface area contributed by atoms with Crippen molar-refractivity contribution in [1.82, 2.24) is 9.78 Å². The molecule has 4 heteroatoms. The molecule has 0 aliphatic rings. The van der Waals surface area contributed by atoms with Gasteiger partial charge in [-0.15, -0.1) is 0 Å². The lowest BCUT2D eigenvalue weighted by molar-refractivity contribution is 0.766. The number of aryl methyl sites for hydroxylation is 1. The molecule has 2 N–H and O–H groups in total. The monoisotopic (exact) mass is 244 g/mol. The van der Waals surface area contributed by atoms with Crippen molar-refractivity contribution in [2.75, 3.05) is 18.5 Å². The van der Waals surface area contributed by atoms with Crippen LogP contribution in [0.4, 0.5) is 5.69 Å². The van der Waals surface area contributed by atoms with Gasteiger partial charge in [-0.25, -0.2) is 0 Å². The van der Waals surface area contributed by atoms with Crippen LogP contribution in [0.5, 0.6) is 0 Å². The number of anilines is 1. The first kappa shape index (κ1) is 12.6. The summed E-state index contributed by atoms with van der Waals surface area (Å²) >= 11 is 0. The number of nitrogens with two attached hydrogens (primary N) is 1. The fraction of sp³-hybridized carbons (Fsp3) is 0.357. The fourth-order valence-corrected chi connectivity index (χ4v) is 1.95. The summed E-state index contributed by atoms with van der Waals surface area (Å²) in [7, 11) is 4.05. The maximum Gasteiger partial charge on any atom is 0.0522 e. The molecule has 0 aliphatic carbocycles. The molecular formula is C14H20N4. The zero-order chi connectivity index (χ0) is 13.0. The highest BCUT2D eigenvalue weighted by Gasteiger charge is 2.03. The van der Waals surface area contributed by atoms with Crippen LogP contribution < -0.4 is 10.6 Å². The van der Waals surface area contributed by atoms with Crippen LogP contribution in [-0.4, -0.2) is 23.4 Å². The largest absolute Gasteiger partial charge is 0.374 e. The summed E-state index contributed by atoms with van der Waals surface area (Å²) in [5.41, 5.74) is 9.30. The Morgan fingerprint density at radius 3 is 2.83 bits per heavy atom. The van der Waals surface area contributed by atoms with E-state index in [1.54, 1.807) is 0 Å². The van der Waals surface area contributed by atoms with E-state index in [1.807, 2.05) is 17.9 Å². The SMILES string of the molecule is CN(CCc1cnn(C)c1)c1cccc(CN)c1. The lowest BCUT2D eigenvalue weighted by atomic mass is 10.2. The van der Waals surface area contributed by atoms with Crippen LogP contribution in [0.1, 0.15) is 11.1 Å².